The fraction of sp³-hybridized carbons (Fsp3) is 0.538. The highest BCUT2D eigenvalue weighted by Gasteiger charge is 2.23. The van der Waals surface area contributed by atoms with Gasteiger partial charge in [0, 0.05) is 13.1 Å². The first kappa shape index (κ1) is 16.3. The molecular weight excluding hydrogens is 276 g/mol. The highest BCUT2D eigenvalue weighted by Crippen LogP contribution is 2.35. The van der Waals surface area contributed by atoms with Crippen LogP contribution in [0.4, 0.5) is 10.7 Å². The number of amides is 2. The summed E-state index contributed by atoms with van der Waals surface area (Å²) in [6.45, 7) is 5.32. The Kier molecular flexibility index (Phi) is 6.30. The van der Waals surface area contributed by atoms with Crippen molar-refractivity contribution < 1.29 is 9.59 Å². The maximum Gasteiger partial charge on any atom is 0.263 e. The standard InChI is InChI=1S/C13H22N4O2S/c1-3-5-7-17-13-8(11(15)18)9(14)10(20-13)12(19)16-6-4-2/h17H,3-7,14H2,1-2H3,(H2,15,18)(H,16,19). The molecule has 112 valence electrons. The number of hydrogen-bond acceptors (Lipinski definition) is 5. The Morgan fingerprint density at radius 3 is 2.45 bits per heavy atom. The number of nitrogen functional groups attached to an aromatic ring is 1. The van der Waals surface area contributed by atoms with E-state index >= 15 is 0 Å². The molecule has 0 radical (unpaired) electrons. The molecule has 0 bridgehead atoms. The van der Waals surface area contributed by atoms with Gasteiger partial charge in [-0.05, 0) is 12.8 Å². The average molecular weight is 298 g/mol. The Balaban J connectivity index is 2.99. The second-order valence-electron chi connectivity index (χ2n) is 4.45. The zero-order chi connectivity index (χ0) is 15.1. The molecule has 0 fully saturated rings. The summed E-state index contributed by atoms with van der Waals surface area (Å²) in [5.41, 5.74) is 11.6. The SMILES string of the molecule is CCCCNc1sc(C(=O)NCCC)c(N)c1C(N)=O. The molecule has 0 saturated heterocycles. The lowest BCUT2D eigenvalue weighted by Crippen LogP contribution is -2.24. The van der Waals surface area contributed by atoms with E-state index in [1.807, 2.05) is 6.92 Å². The largest absolute Gasteiger partial charge is 0.397 e. The Morgan fingerprint density at radius 2 is 1.90 bits per heavy atom. The van der Waals surface area contributed by atoms with Crippen molar-refractivity contribution in [1.29, 1.82) is 0 Å². The summed E-state index contributed by atoms with van der Waals surface area (Å²) >= 11 is 1.17. The van der Waals surface area contributed by atoms with Gasteiger partial charge in [0.05, 0.1) is 11.3 Å². The van der Waals surface area contributed by atoms with E-state index in [-0.39, 0.29) is 17.2 Å². The normalized spacial score (nSPS) is 10.3. The molecule has 1 heterocycles. The molecule has 0 unspecified atom stereocenters. The van der Waals surface area contributed by atoms with Crippen LogP contribution in [-0.4, -0.2) is 24.9 Å². The maximum atomic E-state index is 12.0. The van der Waals surface area contributed by atoms with Gasteiger partial charge in [-0.25, -0.2) is 0 Å². The van der Waals surface area contributed by atoms with Gasteiger partial charge in [-0.1, -0.05) is 20.3 Å². The van der Waals surface area contributed by atoms with Crippen molar-refractivity contribution in [2.24, 2.45) is 5.73 Å². The van der Waals surface area contributed by atoms with Crippen LogP contribution in [0.15, 0.2) is 0 Å². The van der Waals surface area contributed by atoms with Crippen molar-refractivity contribution in [3.63, 3.8) is 0 Å². The quantitative estimate of drug-likeness (QED) is 0.548. The van der Waals surface area contributed by atoms with Crippen LogP contribution < -0.4 is 22.1 Å². The summed E-state index contributed by atoms with van der Waals surface area (Å²) in [5, 5.41) is 6.45. The number of thiophene rings is 1. The molecule has 0 aliphatic heterocycles. The molecule has 6 N–H and O–H groups in total. The van der Waals surface area contributed by atoms with E-state index in [1.54, 1.807) is 0 Å². The molecule has 0 aromatic carbocycles. The van der Waals surface area contributed by atoms with Gasteiger partial charge in [-0.15, -0.1) is 11.3 Å². The number of anilines is 2. The molecule has 1 aromatic heterocycles. The molecule has 1 rings (SSSR count). The van der Waals surface area contributed by atoms with E-state index in [1.165, 1.54) is 11.3 Å². The van der Waals surface area contributed by atoms with Gasteiger partial charge in [-0.2, -0.15) is 0 Å². The van der Waals surface area contributed by atoms with Crippen LogP contribution in [0, 0.1) is 0 Å². The molecule has 1 aromatic rings. The predicted octanol–water partition coefficient (Wildman–Crippen LogP) is 1.78. The van der Waals surface area contributed by atoms with Gasteiger partial charge >= 0.3 is 0 Å². The summed E-state index contributed by atoms with van der Waals surface area (Å²) in [7, 11) is 0. The van der Waals surface area contributed by atoms with E-state index in [2.05, 4.69) is 17.6 Å². The minimum Gasteiger partial charge on any atom is -0.397 e. The Morgan fingerprint density at radius 1 is 1.20 bits per heavy atom. The molecular formula is C13H22N4O2S. The molecule has 0 aliphatic carbocycles. The molecule has 20 heavy (non-hydrogen) atoms. The van der Waals surface area contributed by atoms with Crippen molar-refractivity contribution in [2.45, 2.75) is 33.1 Å². The van der Waals surface area contributed by atoms with E-state index in [4.69, 9.17) is 11.5 Å². The lowest BCUT2D eigenvalue weighted by molar-refractivity contribution is 0.0958. The number of nitrogens with two attached hydrogens (primary N) is 2. The van der Waals surface area contributed by atoms with Crippen LogP contribution in [0.25, 0.3) is 0 Å². The third-order valence-corrected chi connectivity index (χ3v) is 3.91. The van der Waals surface area contributed by atoms with Crippen LogP contribution in [0.5, 0.6) is 0 Å². The summed E-state index contributed by atoms with van der Waals surface area (Å²) in [5.74, 6) is -0.882. The van der Waals surface area contributed by atoms with Crippen molar-refractivity contribution >= 4 is 33.8 Å². The van der Waals surface area contributed by atoms with Crippen molar-refractivity contribution in [2.75, 3.05) is 24.1 Å². The third-order valence-electron chi connectivity index (χ3n) is 2.75. The van der Waals surface area contributed by atoms with Crippen LogP contribution >= 0.6 is 11.3 Å². The number of nitrogens with one attached hydrogen (secondary N) is 2. The van der Waals surface area contributed by atoms with Gasteiger partial charge in [0.15, 0.2) is 0 Å². The topological polar surface area (TPSA) is 110 Å². The summed E-state index contributed by atoms with van der Waals surface area (Å²) in [6.07, 6.45) is 2.83. The second kappa shape index (κ2) is 7.74. The summed E-state index contributed by atoms with van der Waals surface area (Å²) in [6, 6.07) is 0. The van der Waals surface area contributed by atoms with Gasteiger partial charge in [0.2, 0.25) is 0 Å². The second-order valence-corrected chi connectivity index (χ2v) is 5.47. The molecule has 0 atom stereocenters. The number of unbranched alkanes of at least 4 members (excludes halogenated alkanes) is 1. The van der Waals surface area contributed by atoms with E-state index in [0.29, 0.717) is 23.0 Å². The summed E-state index contributed by atoms with van der Waals surface area (Å²) < 4.78 is 0. The van der Waals surface area contributed by atoms with Crippen molar-refractivity contribution in [3.8, 4) is 0 Å². The Labute approximate surface area is 122 Å². The summed E-state index contributed by atoms with van der Waals surface area (Å²) in [4.78, 5) is 23.8. The van der Waals surface area contributed by atoms with Gasteiger partial charge in [-0.3, -0.25) is 9.59 Å². The highest BCUT2D eigenvalue weighted by atomic mass is 32.1. The number of hydrogen-bond donors (Lipinski definition) is 4. The predicted molar refractivity (Wildman–Crippen MR) is 83.3 cm³/mol. The van der Waals surface area contributed by atoms with E-state index in [0.717, 1.165) is 19.3 Å². The first-order chi connectivity index (χ1) is 9.52. The van der Waals surface area contributed by atoms with E-state index < -0.39 is 5.91 Å². The molecule has 0 saturated carbocycles. The minimum absolute atomic E-state index is 0.162. The average Bonchev–Trinajstić information content (AvgIpc) is 2.73. The lowest BCUT2D eigenvalue weighted by Gasteiger charge is -2.04. The fourth-order valence-electron chi connectivity index (χ4n) is 1.68. The monoisotopic (exact) mass is 298 g/mol. The first-order valence-corrected chi connectivity index (χ1v) is 7.58. The van der Waals surface area contributed by atoms with Crippen molar-refractivity contribution in [3.05, 3.63) is 10.4 Å². The maximum absolute atomic E-state index is 12.0. The zero-order valence-corrected chi connectivity index (χ0v) is 12.7. The van der Waals surface area contributed by atoms with E-state index in [9.17, 15) is 9.59 Å². The number of carbonyl (C=O) groups excluding carboxylic acids is 2. The number of primary amides is 1. The van der Waals surface area contributed by atoms with Crippen LogP contribution in [0.2, 0.25) is 0 Å². The lowest BCUT2D eigenvalue weighted by atomic mass is 10.2. The van der Waals surface area contributed by atoms with Crippen LogP contribution in [0.3, 0.4) is 0 Å². The molecule has 2 amide bonds. The van der Waals surface area contributed by atoms with Crippen LogP contribution in [0.1, 0.15) is 53.1 Å². The Hall–Kier alpha value is -1.76. The van der Waals surface area contributed by atoms with Crippen molar-refractivity contribution in [1.82, 2.24) is 5.32 Å². The molecule has 0 spiro atoms. The van der Waals surface area contributed by atoms with Gasteiger partial charge in [0.1, 0.15) is 9.88 Å². The third kappa shape index (κ3) is 3.86. The van der Waals surface area contributed by atoms with Crippen LogP contribution in [-0.2, 0) is 0 Å². The Bertz CT molecular complexity index is 485. The first-order valence-electron chi connectivity index (χ1n) is 6.77. The smallest absolute Gasteiger partial charge is 0.263 e. The van der Waals surface area contributed by atoms with Gasteiger partial charge < -0.3 is 22.1 Å². The molecule has 0 aliphatic rings. The minimum atomic E-state index is -0.618. The zero-order valence-electron chi connectivity index (χ0n) is 11.9. The van der Waals surface area contributed by atoms with Gasteiger partial charge in [0.25, 0.3) is 11.8 Å². The fourth-order valence-corrected chi connectivity index (χ4v) is 2.75. The number of rotatable bonds is 8. The highest BCUT2D eigenvalue weighted by molar-refractivity contribution is 7.19. The number of carbonyl (C=O) groups is 2. The molecule has 6 nitrogen and oxygen atoms in total. The molecule has 7 heteroatoms.